The smallest absolute Gasteiger partial charge is 0.240 e. The van der Waals surface area contributed by atoms with Crippen LogP contribution in [0.5, 0.6) is 11.5 Å². The van der Waals surface area contributed by atoms with Gasteiger partial charge in [-0.1, -0.05) is 19.1 Å². The second-order valence-corrected chi connectivity index (χ2v) is 5.55. The first-order valence-electron chi connectivity index (χ1n) is 6.93. The molecule has 0 aromatic heterocycles. The van der Waals surface area contributed by atoms with E-state index in [4.69, 9.17) is 21.1 Å². The number of carbonyl (C=O) groups is 1. The molecule has 0 aliphatic carbocycles. The van der Waals surface area contributed by atoms with Gasteiger partial charge >= 0.3 is 0 Å². The van der Waals surface area contributed by atoms with Crippen molar-refractivity contribution < 1.29 is 14.3 Å². The second-order valence-electron chi connectivity index (χ2n) is 4.90. The first-order chi connectivity index (χ1) is 9.61. The number of halogens is 1. The van der Waals surface area contributed by atoms with Gasteiger partial charge in [0.1, 0.15) is 12.0 Å². The summed E-state index contributed by atoms with van der Waals surface area (Å²) in [6.45, 7) is 5.35. The zero-order valence-electron chi connectivity index (χ0n) is 11.8. The summed E-state index contributed by atoms with van der Waals surface area (Å²) in [7, 11) is 0. The van der Waals surface area contributed by atoms with E-state index in [-0.39, 0.29) is 12.0 Å². The normalized spacial score (nSPS) is 18.4. The lowest BCUT2D eigenvalue weighted by atomic mass is 10.2. The zero-order chi connectivity index (χ0) is 14.5. The Morgan fingerprint density at radius 3 is 2.80 bits per heavy atom. The van der Waals surface area contributed by atoms with Gasteiger partial charge in [-0.3, -0.25) is 4.79 Å². The first-order valence-corrected chi connectivity index (χ1v) is 7.36. The number of ether oxygens (including phenoxy) is 2. The molecular weight excluding hydrogens is 278 g/mol. The van der Waals surface area contributed by atoms with E-state index in [1.807, 2.05) is 31.2 Å². The lowest BCUT2D eigenvalue weighted by Crippen LogP contribution is -2.46. The lowest BCUT2D eigenvalue weighted by molar-refractivity contribution is -0.132. The average molecular weight is 298 g/mol. The Labute approximate surface area is 124 Å². The van der Waals surface area contributed by atoms with Crippen LogP contribution >= 0.6 is 11.6 Å². The van der Waals surface area contributed by atoms with Crippen molar-refractivity contribution >= 4 is 17.5 Å². The Morgan fingerprint density at radius 1 is 1.45 bits per heavy atom. The molecule has 0 fully saturated rings. The molecule has 0 bridgehead atoms. The van der Waals surface area contributed by atoms with Crippen molar-refractivity contribution in [2.75, 3.05) is 19.7 Å². The Bertz CT molecular complexity index is 464. The fraction of sp³-hybridized carbons (Fsp3) is 0.533. The minimum absolute atomic E-state index is 0.0593. The van der Waals surface area contributed by atoms with Crippen LogP contribution in [0, 0.1) is 0 Å². The maximum absolute atomic E-state index is 12.0. The van der Waals surface area contributed by atoms with Crippen LogP contribution in [0.1, 0.15) is 20.3 Å². The summed E-state index contributed by atoms with van der Waals surface area (Å²) < 4.78 is 11.5. The molecule has 20 heavy (non-hydrogen) atoms. The average Bonchev–Trinajstić information content (AvgIpc) is 2.46. The standard InChI is InChI=1S/C15H20ClNO3/c1-3-8-17(15(18)11(2)16)9-12-10-19-13-6-4-5-7-14(13)20-12/h4-7,11-12H,3,8-10H2,1-2H3. The lowest BCUT2D eigenvalue weighted by Gasteiger charge is -2.31. The van der Waals surface area contributed by atoms with Crippen LogP contribution in [0.25, 0.3) is 0 Å². The van der Waals surface area contributed by atoms with Crippen molar-refractivity contribution in [1.82, 2.24) is 4.90 Å². The van der Waals surface area contributed by atoms with Gasteiger partial charge in [-0.05, 0) is 25.5 Å². The van der Waals surface area contributed by atoms with Crippen molar-refractivity contribution in [3.8, 4) is 11.5 Å². The number of nitrogens with zero attached hydrogens (tertiary/aromatic N) is 1. The van der Waals surface area contributed by atoms with Gasteiger partial charge in [0.25, 0.3) is 0 Å². The van der Waals surface area contributed by atoms with Crippen LogP contribution in [-0.2, 0) is 4.79 Å². The van der Waals surface area contributed by atoms with Crippen LogP contribution in [0.2, 0.25) is 0 Å². The quantitative estimate of drug-likeness (QED) is 0.784. The van der Waals surface area contributed by atoms with E-state index in [1.165, 1.54) is 0 Å². The Kier molecular flexibility index (Phi) is 5.12. The highest BCUT2D eigenvalue weighted by molar-refractivity contribution is 6.30. The van der Waals surface area contributed by atoms with Gasteiger partial charge in [0.2, 0.25) is 5.91 Å². The number of para-hydroxylation sites is 2. The molecule has 0 radical (unpaired) electrons. The fourth-order valence-corrected chi connectivity index (χ4v) is 2.35. The van der Waals surface area contributed by atoms with E-state index >= 15 is 0 Å². The summed E-state index contributed by atoms with van der Waals surface area (Å²) in [4.78, 5) is 13.8. The summed E-state index contributed by atoms with van der Waals surface area (Å²) in [5.41, 5.74) is 0. The van der Waals surface area contributed by atoms with Gasteiger partial charge in [0, 0.05) is 6.54 Å². The van der Waals surface area contributed by atoms with Crippen molar-refractivity contribution in [1.29, 1.82) is 0 Å². The molecule has 5 heteroatoms. The third-order valence-corrected chi connectivity index (χ3v) is 3.32. The monoisotopic (exact) mass is 297 g/mol. The van der Waals surface area contributed by atoms with Crippen LogP contribution in [-0.4, -0.2) is 42.0 Å². The van der Waals surface area contributed by atoms with E-state index in [1.54, 1.807) is 11.8 Å². The van der Waals surface area contributed by atoms with Gasteiger partial charge in [0.05, 0.1) is 6.54 Å². The molecule has 1 aliphatic heterocycles. The highest BCUT2D eigenvalue weighted by atomic mass is 35.5. The third kappa shape index (κ3) is 3.57. The molecule has 4 nitrogen and oxygen atoms in total. The number of hydrogen-bond donors (Lipinski definition) is 0. The first kappa shape index (κ1) is 15.0. The van der Waals surface area contributed by atoms with Crippen molar-refractivity contribution in [3.05, 3.63) is 24.3 Å². The molecule has 1 aromatic carbocycles. The zero-order valence-corrected chi connectivity index (χ0v) is 12.6. The number of benzene rings is 1. The minimum Gasteiger partial charge on any atom is -0.486 e. The van der Waals surface area contributed by atoms with Crippen molar-refractivity contribution in [2.24, 2.45) is 0 Å². The fourth-order valence-electron chi connectivity index (χ4n) is 2.21. The van der Waals surface area contributed by atoms with Crippen LogP contribution in [0.4, 0.5) is 0 Å². The van der Waals surface area contributed by atoms with Gasteiger partial charge in [0.15, 0.2) is 17.6 Å². The number of rotatable bonds is 5. The summed E-state index contributed by atoms with van der Waals surface area (Å²) in [6.07, 6.45) is 0.732. The molecule has 0 saturated carbocycles. The predicted molar refractivity (Wildman–Crippen MR) is 78.5 cm³/mol. The van der Waals surface area contributed by atoms with E-state index in [0.717, 1.165) is 17.9 Å². The largest absolute Gasteiger partial charge is 0.486 e. The van der Waals surface area contributed by atoms with Crippen LogP contribution < -0.4 is 9.47 Å². The van der Waals surface area contributed by atoms with E-state index in [0.29, 0.717) is 19.7 Å². The van der Waals surface area contributed by atoms with E-state index in [9.17, 15) is 4.79 Å². The molecule has 1 aromatic rings. The number of hydrogen-bond acceptors (Lipinski definition) is 3. The Morgan fingerprint density at radius 2 is 2.15 bits per heavy atom. The maximum atomic E-state index is 12.0. The number of fused-ring (bicyclic) bond motifs is 1. The maximum Gasteiger partial charge on any atom is 0.240 e. The van der Waals surface area contributed by atoms with Crippen LogP contribution in [0.15, 0.2) is 24.3 Å². The molecule has 110 valence electrons. The summed E-state index contributed by atoms with van der Waals surface area (Å²) in [5, 5.41) is -0.515. The number of alkyl halides is 1. The molecule has 0 saturated heterocycles. The summed E-state index contributed by atoms with van der Waals surface area (Å²) in [5.74, 6) is 1.42. The highest BCUT2D eigenvalue weighted by Crippen LogP contribution is 2.31. The van der Waals surface area contributed by atoms with Gasteiger partial charge < -0.3 is 14.4 Å². The topological polar surface area (TPSA) is 38.8 Å². The van der Waals surface area contributed by atoms with E-state index in [2.05, 4.69) is 0 Å². The molecule has 2 atom stereocenters. The summed E-state index contributed by atoms with van der Waals surface area (Å²) in [6, 6.07) is 7.56. The molecule has 1 amide bonds. The SMILES string of the molecule is CCCN(CC1COc2ccccc2O1)C(=O)C(C)Cl. The van der Waals surface area contributed by atoms with Crippen molar-refractivity contribution in [2.45, 2.75) is 31.7 Å². The highest BCUT2D eigenvalue weighted by Gasteiger charge is 2.26. The van der Waals surface area contributed by atoms with Gasteiger partial charge in [-0.15, -0.1) is 11.6 Å². The van der Waals surface area contributed by atoms with Gasteiger partial charge in [-0.2, -0.15) is 0 Å². The summed E-state index contributed by atoms with van der Waals surface area (Å²) >= 11 is 5.89. The molecule has 2 rings (SSSR count). The van der Waals surface area contributed by atoms with Gasteiger partial charge in [-0.25, -0.2) is 0 Å². The Balaban J connectivity index is 2.00. The molecule has 2 unspecified atom stereocenters. The molecule has 0 spiro atoms. The van der Waals surface area contributed by atoms with Crippen LogP contribution in [0.3, 0.4) is 0 Å². The predicted octanol–water partition coefficient (Wildman–Crippen LogP) is 2.69. The molecule has 1 heterocycles. The van der Waals surface area contributed by atoms with Crippen molar-refractivity contribution in [3.63, 3.8) is 0 Å². The third-order valence-electron chi connectivity index (χ3n) is 3.14. The minimum atomic E-state index is -0.515. The molecule has 1 aliphatic rings. The molecular formula is C15H20ClNO3. The number of amides is 1. The number of carbonyl (C=O) groups excluding carboxylic acids is 1. The Hall–Kier alpha value is -1.42. The van der Waals surface area contributed by atoms with E-state index < -0.39 is 5.38 Å². The second kappa shape index (κ2) is 6.84. The molecule has 0 N–H and O–H groups in total.